The van der Waals surface area contributed by atoms with Crippen LogP contribution in [0.15, 0.2) is 0 Å². The fourth-order valence-electron chi connectivity index (χ4n) is 2.27. The summed E-state index contributed by atoms with van der Waals surface area (Å²) in [5.41, 5.74) is 5.86. The Kier molecular flexibility index (Phi) is 4.82. The number of likely N-dealkylation sites (tertiary alicyclic amines) is 1. The van der Waals surface area contributed by atoms with Crippen molar-refractivity contribution in [2.24, 2.45) is 0 Å². The second kappa shape index (κ2) is 6.41. The van der Waals surface area contributed by atoms with E-state index in [0.717, 1.165) is 37.7 Å². The molecule has 0 aliphatic carbocycles. The molecule has 2 N–H and O–H groups in total. The van der Waals surface area contributed by atoms with E-state index in [9.17, 15) is 4.79 Å². The first-order chi connectivity index (χ1) is 9.52. The molecule has 0 radical (unpaired) electrons. The molecule has 2 heterocycles. The van der Waals surface area contributed by atoms with Gasteiger partial charge in [-0.1, -0.05) is 11.3 Å². The number of anilines is 2. The fraction of sp³-hybridized carbons (Fsp3) is 0.692. The van der Waals surface area contributed by atoms with E-state index >= 15 is 0 Å². The minimum atomic E-state index is -0.0111. The van der Waals surface area contributed by atoms with Crippen molar-refractivity contribution in [1.82, 2.24) is 9.88 Å². The Labute approximate surface area is 123 Å². The number of hydrogen-bond donors (Lipinski definition) is 1. The quantitative estimate of drug-likeness (QED) is 0.910. The Balaban J connectivity index is 2.02. The van der Waals surface area contributed by atoms with Gasteiger partial charge >= 0.3 is 0 Å². The minimum absolute atomic E-state index is 0.0111. The smallest absolute Gasteiger partial charge is 0.267 e. The van der Waals surface area contributed by atoms with E-state index in [1.165, 1.54) is 11.3 Å². The molecule has 1 aromatic rings. The average Bonchev–Trinajstić information content (AvgIpc) is 2.81. The van der Waals surface area contributed by atoms with Crippen LogP contribution in [0.5, 0.6) is 0 Å². The van der Waals surface area contributed by atoms with Crippen molar-refractivity contribution in [2.45, 2.75) is 25.9 Å². The summed E-state index contributed by atoms with van der Waals surface area (Å²) in [4.78, 5) is 20.9. The number of carbonyl (C=O) groups is 1. The summed E-state index contributed by atoms with van der Waals surface area (Å²) in [6, 6.07) is 0. The lowest BCUT2D eigenvalue weighted by Gasteiger charge is -2.31. The van der Waals surface area contributed by atoms with Crippen molar-refractivity contribution in [3.05, 3.63) is 4.88 Å². The molecule has 112 valence electrons. The van der Waals surface area contributed by atoms with Gasteiger partial charge in [0.2, 0.25) is 0 Å². The normalized spacial score (nSPS) is 16.4. The molecule has 0 unspecified atom stereocenters. The summed E-state index contributed by atoms with van der Waals surface area (Å²) in [5, 5.41) is 0.759. The van der Waals surface area contributed by atoms with Crippen molar-refractivity contribution in [1.29, 1.82) is 0 Å². The predicted octanol–water partition coefficient (Wildman–Crippen LogP) is 1.43. The number of ether oxygens (including phenoxy) is 1. The maximum absolute atomic E-state index is 12.5. The van der Waals surface area contributed by atoms with Gasteiger partial charge in [0.15, 0.2) is 5.13 Å². The number of hydrogen-bond acceptors (Lipinski definition) is 6. The number of thiazole rings is 1. The van der Waals surface area contributed by atoms with Gasteiger partial charge in [-0.2, -0.15) is 0 Å². The molecule has 0 bridgehead atoms. The third-order valence-corrected chi connectivity index (χ3v) is 4.58. The molecular formula is C13H22N4O2S. The lowest BCUT2D eigenvalue weighted by atomic mass is 10.1. The molecule has 0 spiro atoms. The zero-order valence-electron chi connectivity index (χ0n) is 12.3. The number of piperidine rings is 1. The Hall–Kier alpha value is -1.34. The van der Waals surface area contributed by atoms with Crippen LogP contribution >= 0.6 is 11.3 Å². The number of rotatable bonds is 4. The molecule has 7 heteroatoms. The summed E-state index contributed by atoms with van der Waals surface area (Å²) >= 11 is 1.35. The lowest BCUT2D eigenvalue weighted by Crippen LogP contribution is -2.40. The van der Waals surface area contributed by atoms with E-state index in [1.807, 2.05) is 30.8 Å². The van der Waals surface area contributed by atoms with Gasteiger partial charge in [0.1, 0.15) is 10.7 Å². The van der Waals surface area contributed by atoms with Gasteiger partial charge in [0.25, 0.3) is 5.91 Å². The topological polar surface area (TPSA) is 71.7 Å². The molecule has 20 heavy (non-hydrogen) atoms. The number of aromatic nitrogens is 1. The first kappa shape index (κ1) is 15.1. The number of amides is 1. The van der Waals surface area contributed by atoms with Crippen molar-refractivity contribution < 1.29 is 9.53 Å². The Morgan fingerprint density at radius 3 is 2.65 bits per heavy atom. The molecule has 1 aliphatic rings. The van der Waals surface area contributed by atoms with Crippen LogP contribution in [-0.2, 0) is 4.74 Å². The third-order valence-electron chi connectivity index (χ3n) is 3.35. The molecule has 1 fully saturated rings. The van der Waals surface area contributed by atoms with Crippen LogP contribution in [0, 0.1) is 0 Å². The van der Waals surface area contributed by atoms with Gasteiger partial charge in [0.05, 0.1) is 6.10 Å². The van der Waals surface area contributed by atoms with Crippen LogP contribution in [0.4, 0.5) is 10.9 Å². The van der Waals surface area contributed by atoms with Crippen molar-refractivity contribution in [3.63, 3.8) is 0 Å². The van der Waals surface area contributed by atoms with Crippen LogP contribution < -0.4 is 10.6 Å². The molecule has 1 amide bonds. The highest BCUT2D eigenvalue weighted by Crippen LogP contribution is 2.29. The van der Waals surface area contributed by atoms with E-state index < -0.39 is 0 Å². The molecule has 2 rings (SSSR count). The number of nitrogens with two attached hydrogens (primary N) is 1. The molecule has 1 saturated heterocycles. The summed E-state index contributed by atoms with van der Waals surface area (Å²) < 4.78 is 5.60. The van der Waals surface area contributed by atoms with Crippen molar-refractivity contribution in [2.75, 3.05) is 44.4 Å². The van der Waals surface area contributed by atoms with Crippen LogP contribution in [0.25, 0.3) is 0 Å². The van der Waals surface area contributed by atoms with Gasteiger partial charge in [-0.3, -0.25) is 4.79 Å². The summed E-state index contributed by atoms with van der Waals surface area (Å²) in [7, 11) is 3.78. The van der Waals surface area contributed by atoms with E-state index in [1.54, 1.807) is 0 Å². The molecule has 1 aliphatic heterocycles. The zero-order valence-corrected chi connectivity index (χ0v) is 13.1. The maximum atomic E-state index is 12.5. The first-order valence-corrected chi connectivity index (χ1v) is 7.69. The average molecular weight is 298 g/mol. The second-order valence-corrected chi connectivity index (χ2v) is 6.03. The predicted molar refractivity (Wildman–Crippen MR) is 81.4 cm³/mol. The monoisotopic (exact) mass is 298 g/mol. The maximum Gasteiger partial charge on any atom is 0.267 e. The standard InChI is InChI=1S/C13H22N4O2S/c1-4-19-9-5-7-17(8-6-9)12(18)10-11(14)15-13(20-10)16(2)3/h9H,4-8,14H2,1-3H3. The summed E-state index contributed by atoms with van der Waals surface area (Å²) in [6.45, 7) is 4.17. The van der Waals surface area contributed by atoms with Crippen molar-refractivity contribution in [3.8, 4) is 0 Å². The molecule has 1 aromatic heterocycles. The number of nitrogen functional groups attached to an aromatic ring is 1. The second-order valence-electron chi connectivity index (χ2n) is 5.05. The highest BCUT2D eigenvalue weighted by Gasteiger charge is 2.27. The highest BCUT2D eigenvalue weighted by atomic mass is 32.1. The zero-order chi connectivity index (χ0) is 14.7. The molecular weight excluding hydrogens is 276 g/mol. The number of nitrogens with zero attached hydrogens (tertiary/aromatic N) is 3. The SMILES string of the molecule is CCOC1CCN(C(=O)c2sc(N(C)C)nc2N)CC1. The largest absolute Gasteiger partial charge is 0.382 e. The summed E-state index contributed by atoms with van der Waals surface area (Å²) in [6.07, 6.45) is 2.05. The van der Waals surface area contributed by atoms with Gasteiger partial charge < -0.3 is 20.3 Å². The van der Waals surface area contributed by atoms with E-state index in [-0.39, 0.29) is 12.0 Å². The Morgan fingerprint density at radius 2 is 2.15 bits per heavy atom. The van der Waals surface area contributed by atoms with Gasteiger partial charge in [-0.05, 0) is 19.8 Å². The van der Waals surface area contributed by atoms with Crippen LogP contribution in [0.1, 0.15) is 29.4 Å². The Bertz CT molecular complexity index is 467. The fourth-order valence-corrected chi connectivity index (χ4v) is 3.15. The molecule has 6 nitrogen and oxygen atoms in total. The third kappa shape index (κ3) is 3.21. The molecule has 0 atom stereocenters. The van der Waals surface area contributed by atoms with E-state index in [0.29, 0.717) is 10.7 Å². The van der Waals surface area contributed by atoms with Gasteiger partial charge in [-0.25, -0.2) is 4.98 Å². The Morgan fingerprint density at radius 1 is 1.50 bits per heavy atom. The highest BCUT2D eigenvalue weighted by molar-refractivity contribution is 7.18. The molecule has 0 saturated carbocycles. The lowest BCUT2D eigenvalue weighted by molar-refractivity contribution is 0.0148. The summed E-state index contributed by atoms with van der Waals surface area (Å²) in [5.74, 6) is 0.318. The first-order valence-electron chi connectivity index (χ1n) is 6.87. The van der Waals surface area contributed by atoms with Gasteiger partial charge in [0, 0.05) is 33.8 Å². The number of carbonyl (C=O) groups excluding carboxylic acids is 1. The van der Waals surface area contributed by atoms with E-state index in [2.05, 4.69) is 4.98 Å². The van der Waals surface area contributed by atoms with Crippen LogP contribution in [0.3, 0.4) is 0 Å². The van der Waals surface area contributed by atoms with Gasteiger partial charge in [-0.15, -0.1) is 0 Å². The molecule has 0 aromatic carbocycles. The van der Waals surface area contributed by atoms with E-state index in [4.69, 9.17) is 10.5 Å². The van der Waals surface area contributed by atoms with Crippen LogP contribution in [0.2, 0.25) is 0 Å². The van der Waals surface area contributed by atoms with Crippen molar-refractivity contribution >= 4 is 28.2 Å². The minimum Gasteiger partial charge on any atom is -0.382 e. The van der Waals surface area contributed by atoms with Crippen LogP contribution in [-0.4, -0.2) is 55.7 Å².